The summed E-state index contributed by atoms with van der Waals surface area (Å²) in [6, 6.07) is 17.6. The number of benzene rings is 2. The van der Waals surface area contributed by atoms with Crippen LogP contribution in [-0.4, -0.2) is 35.7 Å². The molecule has 0 unspecified atom stereocenters. The molecule has 0 aliphatic carbocycles. The van der Waals surface area contributed by atoms with Gasteiger partial charge in [-0.05, 0) is 42.0 Å². The van der Waals surface area contributed by atoms with Crippen molar-refractivity contribution in [2.45, 2.75) is 5.51 Å². The Morgan fingerprint density at radius 2 is 1.74 bits per heavy atom. The molecule has 1 N–H and O–H groups in total. The Bertz CT molecular complexity index is 1490. The molecule has 178 valence electrons. The summed E-state index contributed by atoms with van der Waals surface area (Å²) in [6.45, 7) is 0. The van der Waals surface area contributed by atoms with Crippen molar-refractivity contribution in [2.24, 2.45) is 7.05 Å². The van der Waals surface area contributed by atoms with Gasteiger partial charge in [-0.2, -0.15) is 17.7 Å². The average molecular weight is 492 g/mol. The molecule has 0 fully saturated rings. The number of rotatable bonds is 3. The molecule has 0 amide bonds. The van der Waals surface area contributed by atoms with Crippen molar-refractivity contribution >= 4 is 44.1 Å². The van der Waals surface area contributed by atoms with Crippen LogP contribution in [0.1, 0.15) is 11.3 Å². The summed E-state index contributed by atoms with van der Waals surface area (Å²) in [5, 5.41) is 12.0. The number of hydrogen-bond acceptors (Lipinski definition) is 6. The average Bonchev–Trinajstić information content (AvgIpc) is 2.78. The molecule has 0 aliphatic rings. The van der Waals surface area contributed by atoms with Crippen LogP contribution in [0.3, 0.4) is 0 Å². The van der Waals surface area contributed by atoms with E-state index in [4.69, 9.17) is 17.7 Å². The molecular weight excluding hydrogens is 473 g/mol. The number of para-hydroxylation sites is 2. The molecule has 0 saturated heterocycles. The second kappa shape index (κ2) is 9.65. The lowest BCUT2D eigenvalue weighted by Gasteiger charge is -2.08. The molecule has 34 heavy (non-hydrogen) atoms. The standard InChI is InChI=1S/C22H18N2O2.CHF3O3S/c1-24-17(12-10-16-5-3-8-20(26-2)22(16)24)11-9-15-13-14-23-21-18(15)6-4-7-19(21)25;2-1(3,4)8(5,6)7/h3-14H,1-2H3;(H,5,6,7). The number of phenols is 1. The van der Waals surface area contributed by atoms with Crippen molar-refractivity contribution < 1.29 is 40.6 Å². The molecule has 2 aromatic carbocycles. The maximum Gasteiger partial charge on any atom is 0.485 e. The van der Waals surface area contributed by atoms with Gasteiger partial charge in [0.25, 0.3) is 5.52 Å². The molecule has 4 aromatic rings. The van der Waals surface area contributed by atoms with Gasteiger partial charge in [-0.1, -0.05) is 18.2 Å². The molecule has 0 spiro atoms. The van der Waals surface area contributed by atoms with Crippen molar-refractivity contribution in [3.8, 4) is 11.5 Å². The van der Waals surface area contributed by atoms with Gasteiger partial charge in [0.15, 0.2) is 15.9 Å². The third kappa shape index (κ3) is 5.26. The lowest BCUT2D eigenvalue weighted by molar-refractivity contribution is -0.646. The Hall–Kier alpha value is -3.70. The van der Waals surface area contributed by atoms with E-state index in [2.05, 4.69) is 33.8 Å². The summed E-state index contributed by atoms with van der Waals surface area (Å²) >= 11 is 0. The van der Waals surface area contributed by atoms with Crippen molar-refractivity contribution in [2.75, 3.05) is 7.11 Å². The van der Waals surface area contributed by atoms with E-state index in [1.54, 1.807) is 19.4 Å². The number of hydrogen-bond donors (Lipinski definition) is 1. The Morgan fingerprint density at radius 1 is 1.06 bits per heavy atom. The number of pyridine rings is 2. The van der Waals surface area contributed by atoms with E-state index < -0.39 is 15.6 Å². The third-order valence-electron chi connectivity index (χ3n) is 4.91. The molecule has 2 aromatic heterocycles. The second-order valence-corrected chi connectivity index (χ2v) is 8.39. The number of phenolic OH excluding ortho intramolecular Hbond substituents is 1. The highest BCUT2D eigenvalue weighted by Crippen LogP contribution is 2.26. The van der Waals surface area contributed by atoms with Gasteiger partial charge in [0.2, 0.25) is 5.69 Å². The minimum absolute atomic E-state index is 0.193. The maximum absolute atomic E-state index is 10.7. The number of methoxy groups -OCH3 is 1. The topological polar surface area (TPSA) is 103 Å². The molecule has 0 radical (unpaired) electrons. The van der Waals surface area contributed by atoms with Crippen LogP contribution in [0.2, 0.25) is 0 Å². The van der Waals surface area contributed by atoms with Gasteiger partial charge in [0, 0.05) is 23.7 Å². The van der Waals surface area contributed by atoms with Gasteiger partial charge < -0.3 is 14.4 Å². The van der Waals surface area contributed by atoms with Crippen LogP contribution in [0.15, 0.2) is 60.8 Å². The molecule has 0 atom stereocenters. The maximum atomic E-state index is 10.7. The van der Waals surface area contributed by atoms with E-state index in [1.807, 2.05) is 43.5 Å². The minimum atomic E-state index is -6.09. The van der Waals surface area contributed by atoms with Crippen molar-refractivity contribution in [3.05, 3.63) is 72.1 Å². The SMILES string of the molecule is COc1cccc2ccc(C=Cc3ccnc4c(O)cccc34)[n+](C)c12.O=S(=O)([O-])C(F)(F)F. The predicted molar refractivity (Wildman–Crippen MR) is 120 cm³/mol. The molecule has 0 saturated carbocycles. The van der Waals surface area contributed by atoms with E-state index >= 15 is 0 Å². The number of aromatic hydroxyl groups is 1. The normalized spacial score (nSPS) is 12.1. The summed E-state index contributed by atoms with van der Waals surface area (Å²) in [5.41, 5.74) is -1.93. The number of aromatic nitrogens is 2. The first-order valence-corrected chi connectivity index (χ1v) is 11.1. The summed E-state index contributed by atoms with van der Waals surface area (Å²) < 4.78 is 66.5. The lowest BCUT2D eigenvalue weighted by Crippen LogP contribution is -2.33. The Morgan fingerprint density at radius 3 is 2.38 bits per heavy atom. The summed E-state index contributed by atoms with van der Waals surface area (Å²) in [6.07, 6.45) is 5.82. The van der Waals surface area contributed by atoms with E-state index in [0.29, 0.717) is 5.52 Å². The largest absolute Gasteiger partial charge is 0.741 e. The van der Waals surface area contributed by atoms with Crippen LogP contribution in [-0.2, 0) is 17.2 Å². The fourth-order valence-electron chi connectivity index (χ4n) is 3.28. The van der Waals surface area contributed by atoms with Crippen molar-refractivity contribution in [3.63, 3.8) is 0 Å². The first-order valence-electron chi connectivity index (χ1n) is 9.66. The number of aryl methyl sites for hydroxylation is 1. The predicted octanol–water partition coefficient (Wildman–Crippen LogP) is 4.15. The van der Waals surface area contributed by atoms with E-state index in [0.717, 1.165) is 33.3 Å². The fraction of sp³-hybridized carbons (Fsp3) is 0.130. The van der Waals surface area contributed by atoms with Gasteiger partial charge in [-0.25, -0.2) is 8.42 Å². The number of ether oxygens (including phenoxy) is 1. The molecule has 11 heteroatoms. The van der Waals surface area contributed by atoms with E-state index in [1.165, 1.54) is 0 Å². The summed E-state index contributed by atoms with van der Waals surface area (Å²) in [5.74, 6) is 1.04. The lowest BCUT2D eigenvalue weighted by atomic mass is 10.1. The number of alkyl halides is 3. The number of halogens is 3. The summed E-state index contributed by atoms with van der Waals surface area (Å²) in [4.78, 5) is 4.27. The van der Waals surface area contributed by atoms with Crippen LogP contribution in [0.25, 0.3) is 34.0 Å². The molecule has 4 rings (SSSR count). The number of fused-ring (bicyclic) bond motifs is 2. The quantitative estimate of drug-likeness (QED) is 0.262. The summed E-state index contributed by atoms with van der Waals surface area (Å²) in [7, 11) is -2.37. The highest BCUT2D eigenvalue weighted by molar-refractivity contribution is 7.86. The minimum Gasteiger partial charge on any atom is -0.741 e. The van der Waals surface area contributed by atoms with E-state index in [-0.39, 0.29) is 5.75 Å². The number of nitrogens with zero attached hydrogens (tertiary/aromatic N) is 2. The molecule has 0 aliphatic heterocycles. The van der Waals surface area contributed by atoms with Crippen LogP contribution in [0, 0.1) is 0 Å². The first kappa shape index (κ1) is 24.9. The van der Waals surface area contributed by atoms with Crippen LogP contribution < -0.4 is 9.30 Å². The van der Waals surface area contributed by atoms with E-state index in [9.17, 15) is 18.3 Å². The zero-order chi connectivity index (χ0) is 25.1. The van der Waals surface area contributed by atoms with Crippen molar-refractivity contribution in [1.29, 1.82) is 0 Å². The van der Waals surface area contributed by atoms with Gasteiger partial charge in [0.1, 0.15) is 18.3 Å². The van der Waals surface area contributed by atoms with Gasteiger partial charge >= 0.3 is 5.51 Å². The van der Waals surface area contributed by atoms with Crippen LogP contribution in [0.4, 0.5) is 13.2 Å². The zero-order valence-electron chi connectivity index (χ0n) is 17.9. The third-order valence-corrected chi connectivity index (χ3v) is 5.47. The first-order chi connectivity index (χ1) is 15.9. The van der Waals surface area contributed by atoms with Crippen LogP contribution in [0.5, 0.6) is 11.5 Å². The molecule has 2 heterocycles. The zero-order valence-corrected chi connectivity index (χ0v) is 18.8. The van der Waals surface area contributed by atoms with Gasteiger partial charge in [-0.3, -0.25) is 4.98 Å². The fourth-order valence-corrected chi connectivity index (χ4v) is 3.28. The monoisotopic (exact) mass is 492 g/mol. The smallest absolute Gasteiger partial charge is 0.485 e. The Labute approximate surface area is 193 Å². The highest BCUT2D eigenvalue weighted by Gasteiger charge is 2.36. The van der Waals surface area contributed by atoms with Gasteiger partial charge in [-0.15, -0.1) is 0 Å². The Kier molecular flexibility index (Phi) is 7.08. The molecular formula is C23H19F3N2O5S. The molecule has 0 bridgehead atoms. The van der Waals surface area contributed by atoms with Crippen molar-refractivity contribution in [1.82, 2.24) is 4.98 Å². The second-order valence-electron chi connectivity index (χ2n) is 7.02. The highest BCUT2D eigenvalue weighted by atomic mass is 32.2. The molecule has 7 nitrogen and oxygen atoms in total. The Balaban J connectivity index is 0.000000350. The van der Waals surface area contributed by atoms with Crippen LogP contribution >= 0.6 is 0 Å². The van der Waals surface area contributed by atoms with Gasteiger partial charge in [0.05, 0.1) is 12.5 Å².